The average Bonchev–Trinajstić information content (AvgIpc) is 2.83. The summed E-state index contributed by atoms with van der Waals surface area (Å²) in [5, 5.41) is 12.0. The highest BCUT2D eigenvalue weighted by Gasteiger charge is 2.18. The van der Waals surface area contributed by atoms with Crippen molar-refractivity contribution in [1.82, 2.24) is 25.2 Å². The molecule has 1 aliphatic heterocycles. The molecule has 0 saturated heterocycles. The quantitative estimate of drug-likeness (QED) is 0.645. The van der Waals surface area contributed by atoms with Crippen LogP contribution in [0.4, 0.5) is 0 Å². The Morgan fingerprint density at radius 3 is 2.88 bits per heavy atom. The van der Waals surface area contributed by atoms with Crippen LogP contribution in [0.1, 0.15) is 46.2 Å². The van der Waals surface area contributed by atoms with E-state index in [2.05, 4.69) is 37.3 Å². The third kappa shape index (κ3) is 4.29. The van der Waals surface area contributed by atoms with Crippen LogP contribution in [0.15, 0.2) is 41.3 Å². The van der Waals surface area contributed by atoms with Crippen molar-refractivity contribution in [3.63, 3.8) is 0 Å². The third-order valence-electron chi connectivity index (χ3n) is 5.71. The summed E-state index contributed by atoms with van der Waals surface area (Å²) in [6, 6.07) is 9.39. The lowest BCUT2D eigenvalue weighted by Crippen LogP contribution is -2.28. The van der Waals surface area contributed by atoms with E-state index < -0.39 is 0 Å². The summed E-state index contributed by atoms with van der Waals surface area (Å²) in [6.45, 7) is 4.20. The first-order valence-electron chi connectivity index (χ1n) is 10.6. The second kappa shape index (κ2) is 9.12. The van der Waals surface area contributed by atoms with Crippen LogP contribution in [0.25, 0.3) is 16.6 Å². The van der Waals surface area contributed by atoms with E-state index in [9.17, 15) is 14.9 Å². The number of hydrogen-bond acceptors (Lipinski definition) is 6. The standard InChI is InChI=1S/C24H24N6O2/c1-3-16-11-20-21(29-23(16)31)10-15(13-27-20)14-30-8-6-17(7-9-30)18-4-5-19(24(32)26-2)28-22(18)12-25/h4-6,10-11,13H,3,7-9,14H2,1-2H3,(H,26,32)(H,29,31). The van der Waals surface area contributed by atoms with Crippen LogP contribution in [0.3, 0.4) is 0 Å². The summed E-state index contributed by atoms with van der Waals surface area (Å²) in [7, 11) is 1.54. The van der Waals surface area contributed by atoms with Gasteiger partial charge in [0, 0.05) is 44.0 Å². The highest BCUT2D eigenvalue weighted by atomic mass is 16.1. The SMILES string of the molecule is CCc1cc2ncc(CN3CC=C(c4ccc(C(=O)NC)nc4C#N)CC3)cc2[nH]c1=O. The van der Waals surface area contributed by atoms with Gasteiger partial charge in [0.15, 0.2) is 0 Å². The van der Waals surface area contributed by atoms with Gasteiger partial charge in [0.05, 0.1) is 11.0 Å². The fourth-order valence-electron chi connectivity index (χ4n) is 3.93. The third-order valence-corrected chi connectivity index (χ3v) is 5.71. The van der Waals surface area contributed by atoms with Crippen LogP contribution in [-0.2, 0) is 13.0 Å². The molecule has 32 heavy (non-hydrogen) atoms. The minimum atomic E-state index is -0.312. The topological polar surface area (TPSA) is 115 Å². The number of nitrogens with zero attached hydrogens (tertiary/aromatic N) is 4. The zero-order valence-electron chi connectivity index (χ0n) is 18.1. The highest BCUT2D eigenvalue weighted by molar-refractivity contribution is 5.92. The summed E-state index contributed by atoms with van der Waals surface area (Å²) in [5.41, 5.74) is 5.58. The fourth-order valence-corrected chi connectivity index (χ4v) is 3.93. The Kier molecular flexibility index (Phi) is 6.10. The number of pyridine rings is 3. The molecule has 0 saturated carbocycles. The van der Waals surface area contributed by atoms with E-state index in [0.29, 0.717) is 13.0 Å². The predicted octanol–water partition coefficient (Wildman–Crippen LogP) is 2.40. The predicted molar refractivity (Wildman–Crippen MR) is 122 cm³/mol. The van der Waals surface area contributed by atoms with E-state index in [1.165, 1.54) is 7.05 Å². The molecule has 3 aromatic rings. The van der Waals surface area contributed by atoms with Gasteiger partial charge < -0.3 is 10.3 Å². The van der Waals surface area contributed by atoms with Gasteiger partial charge >= 0.3 is 0 Å². The van der Waals surface area contributed by atoms with Gasteiger partial charge in [-0.1, -0.05) is 13.0 Å². The smallest absolute Gasteiger partial charge is 0.269 e. The number of carbonyl (C=O) groups excluding carboxylic acids is 1. The molecule has 1 aliphatic rings. The van der Waals surface area contributed by atoms with Gasteiger partial charge in [0.2, 0.25) is 0 Å². The van der Waals surface area contributed by atoms with E-state index in [1.807, 2.05) is 25.3 Å². The lowest BCUT2D eigenvalue weighted by Gasteiger charge is -2.26. The minimum Gasteiger partial charge on any atom is -0.354 e. The van der Waals surface area contributed by atoms with Crippen molar-refractivity contribution < 1.29 is 4.79 Å². The van der Waals surface area contributed by atoms with Gasteiger partial charge in [-0.25, -0.2) is 4.98 Å². The fraction of sp³-hybridized carbons (Fsp3) is 0.292. The largest absolute Gasteiger partial charge is 0.354 e. The Balaban J connectivity index is 1.50. The van der Waals surface area contributed by atoms with Crippen molar-refractivity contribution in [2.75, 3.05) is 20.1 Å². The lowest BCUT2D eigenvalue weighted by atomic mass is 9.97. The summed E-state index contributed by atoms with van der Waals surface area (Å²) in [5.74, 6) is -0.312. The number of nitrogens with one attached hydrogen (secondary N) is 2. The first-order valence-corrected chi connectivity index (χ1v) is 10.6. The van der Waals surface area contributed by atoms with Crippen LogP contribution in [0.5, 0.6) is 0 Å². The summed E-state index contributed by atoms with van der Waals surface area (Å²) in [6.07, 6.45) is 5.40. The molecular formula is C24H24N6O2. The number of hydrogen-bond donors (Lipinski definition) is 2. The Morgan fingerprint density at radius 1 is 1.34 bits per heavy atom. The number of amides is 1. The van der Waals surface area contributed by atoms with Crippen molar-refractivity contribution in [3.8, 4) is 6.07 Å². The van der Waals surface area contributed by atoms with Crippen LogP contribution in [-0.4, -0.2) is 45.9 Å². The number of aryl methyl sites for hydroxylation is 1. The molecule has 0 fully saturated rings. The summed E-state index contributed by atoms with van der Waals surface area (Å²) < 4.78 is 0. The van der Waals surface area contributed by atoms with Gasteiger partial charge in [0.25, 0.3) is 11.5 Å². The molecule has 0 bridgehead atoms. The van der Waals surface area contributed by atoms with Crippen LogP contribution in [0.2, 0.25) is 0 Å². The summed E-state index contributed by atoms with van der Waals surface area (Å²) in [4.78, 5) is 37.8. The second-order valence-corrected chi connectivity index (χ2v) is 7.75. The highest BCUT2D eigenvalue weighted by Crippen LogP contribution is 2.25. The molecule has 0 spiro atoms. The second-order valence-electron chi connectivity index (χ2n) is 7.75. The first-order chi connectivity index (χ1) is 15.5. The van der Waals surface area contributed by atoms with Crippen molar-refractivity contribution in [2.45, 2.75) is 26.3 Å². The van der Waals surface area contributed by atoms with Crippen LogP contribution >= 0.6 is 0 Å². The molecule has 8 heteroatoms. The van der Waals surface area contributed by atoms with Crippen LogP contribution in [0, 0.1) is 11.3 Å². The van der Waals surface area contributed by atoms with Crippen molar-refractivity contribution >= 4 is 22.5 Å². The number of fused-ring (bicyclic) bond motifs is 1. The van der Waals surface area contributed by atoms with Crippen molar-refractivity contribution in [1.29, 1.82) is 5.26 Å². The number of H-pyrrole nitrogens is 1. The Labute approximate surface area is 185 Å². The maximum Gasteiger partial charge on any atom is 0.269 e. The molecule has 2 N–H and O–H groups in total. The molecule has 4 rings (SSSR count). The number of carbonyl (C=O) groups is 1. The lowest BCUT2D eigenvalue weighted by molar-refractivity contribution is 0.0958. The number of aromatic nitrogens is 3. The Morgan fingerprint density at radius 2 is 2.19 bits per heavy atom. The Bertz CT molecular complexity index is 1320. The number of aromatic amines is 1. The molecule has 0 aromatic carbocycles. The van der Waals surface area contributed by atoms with E-state index in [-0.39, 0.29) is 22.9 Å². The van der Waals surface area contributed by atoms with Gasteiger partial charge in [-0.15, -0.1) is 0 Å². The molecule has 8 nitrogen and oxygen atoms in total. The molecule has 162 valence electrons. The van der Waals surface area contributed by atoms with Crippen LogP contribution < -0.4 is 10.9 Å². The number of rotatable bonds is 5. The van der Waals surface area contributed by atoms with E-state index in [0.717, 1.165) is 52.8 Å². The maximum absolute atomic E-state index is 12.1. The molecule has 0 atom stereocenters. The monoisotopic (exact) mass is 428 g/mol. The van der Waals surface area contributed by atoms with Gasteiger partial charge in [-0.3, -0.25) is 19.5 Å². The van der Waals surface area contributed by atoms with E-state index >= 15 is 0 Å². The molecule has 3 aromatic heterocycles. The molecular weight excluding hydrogens is 404 g/mol. The molecule has 1 amide bonds. The van der Waals surface area contributed by atoms with E-state index in [1.54, 1.807) is 12.1 Å². The normalized spacial score (nSPS) is 14.1. The first kappa shape index (κ1) is 21.4. The molecule has 4 heterocycles. The average molecular weight is 428 g/mol. The summed E-state index contributed by atoms with van der Waals surface area (Å²) >= 11 is 0. The minimum absolute atomic E-state index is 0.0613. The zero-order chi connectivity index (χ0) is 22.7. The van der Waals surface area contributed by atoms with Crippen molar-refractivity contribution in [3.05, 3.63) is 75.0 Å². The molecule has 0 aliphatic carbocycles. The Hall–Kier alpha value is -3.83. The van der Waals surface area contributed by atoms with Gasteiger partial charge in [-0.2, -0.15) is 5.26 Å². The van der Waals surface area contributed by atoms with E-state index in [4.69, 9.17) is 0 Å². The number of nitriles is 1. The molecule has 0 unspecified atom stereocenters. The zero-order valence-corrected chi connectivity index (χ0v) is 18.1. The van der Waals surface area contributed by atoms with Gasteiger partial charge in [0.1, 0.15) is 17.5 Å². The maximum atomic E-state index is 12.1. The molecule has 0 radical (unpaired) electrons. The van der Waals surface area contributed by atoms with Crippen molar-refractivity contribution in [2.24, 2.45) is 0 Å². The van der Waals surface area contributed by atoms with Gasteiger partial charge in [-0.05, 0) is 48.2 Å².